The Labute approximate surface area is 182 Å². The van der Waals surface area contributed by atoms with E-state index in [1.165, 1.54) is 5.56 Å². The second kappa shape index (κ2) is 12.2. The summed E-state index contributed by atoms with van der Waals surface area (Å²) >= 11 is 0. The molecule has 0 radical (unpaired) electrons. The molecule has 0 aliphatic carbocycles. The average molecular weight is 409 g/mol. The first-order valence-electron chi connectivity index (χ1n) is 11.0. The smallest absolute Gasteiger partial charge is 0.189 e. The van der Waals surface area contributed by atoms with Crippen LogP contribution in [0.2, 0.25) is 0 Å². The molecule has 0 spiro atoms. The van der Waals surface area contributed by atoms with Crippen LogP contribution in [-0.2, 0) is 6.54 Å². The van der Waals surface area contributed by atoms with Gasteiger partial charge in [-0.25, -0.2) is 0 Å². The zero-order valence-corrected chi connectivity index (χ0v) is 19.1. The molecule has 0 atom stereocenters. The molecule has 162 valence electrons. The van der Waals surface area contributed by atoms with Crippen molar-refractivity contribution in [1.82, 2.24) is 4.90 Å². The molecular formula is C26H36N2O2. The van der Waals surface area contributed by atoms with Gasteiger partial charge in [0, 0.05) is 31.4 Å². The topological polar surface area (TPSA) is 32.8 Å². The SMILES string of the molecule is CCCN(CCC)c1ccc(C(=O)/C=C/c2ccccc2CN(C)C)c(OCC)c1. The van der Waals surface area contributed by atoms with Gasteiger partial charge in [0.05, 0.1) is 12.2 Å². The van der Waals surface area contributed by atoms with E-state index in [2.05, 4.69) is 29.7 Å². The molecule has 0 bridgehead atoms. The van der Waals surface area contributed by atoms with E-state index in [0.29, 0.717) is 17.9 Å². The van der Waals surface area contributed by atoms with Crippen molar-refractivity contribution in [3.05, 3.63) is 65.2 Å². The van der Waals surface area contributed by atoms with E-state index in [4.69, 9.17) is 4.74 Å². The van der Waals surface area contributed by atoms with Crippen LogP contribution in [0.5, 0.6) is 5.75 Å². The first-order chi connectivity index (χ1) is 14.5. The van der Waals surface area contributed by atoms with Gasteiger partial charge in [0.2, 0.25) is 0 Å². The van der Waals surface area contributed by atoms with Gasteiger partial charge < -0.3 is 14.5 Å². The van der Waals surface area contributed by atoms with E-state index in [0.717, 1.165) is 43.7 Å². The fraction of sp³-hybridized carbons (Fsp3) is 0.423. The monoisotopic (exact) mass is 408 g/mol. The Morgan fingerprint density at radius 2 is 1.70 bits per heavy atom. The van der Waals surface area contributed by atoms with Crippen LogP contribution in [0, 0.1) is 0 Å². The fourth-order valence-electron chi connectivity index (χ4n) is 3.53. The Kier molecular flexibility index (Phi) is 9.62. The molecular weight excluding hydrogens is 372 g/mol. The predicted octanol–water partition coefficient (Wildman–Crippen LogP) is 5.67. The number of ketones is 1. The highest BCUT2D eigenvalue weighted by molar-refractivity contribution is 6.09. The van der Waals surface area contributed by atoms with Gasteiger partial charge >= 0.3 is 0 Å². The predicted molar refractivity (Wildman–Crippen MR) is 128 cm³/mol. The van der Waals surface area contributed by atoms with E-state index in [9.17, 15) is 4.79 Å². The van der Waals surface area contributed by atoms with E-state index >= 15 is 0 Å². The lowest BCUT2D eigenvalue weighted by atomic mass is 10.0. The number of carbonyl (C=O) groups excluding carboxylic acids is 1. The van der Waals surface area contributed by atoms with Crippen molar-refractivity contribution in [2.45, 2.75) is 40.2 Å². The van der Waals surface area contributed by atoms with Crippen LogP contribution in [0.4, 0.5) is 5.69 Å². The minimum atomic E-state index is -0.0396. The lowest BCUT2D eigenvalue weighted by molar-refractivity contribution is 0.104. The third-order valence-electron chi connectivity index (χ3n) is 4.84. The van der Waals surface area contributed by atoms with Gasteiger partial charge in [-0.05, 0) is 63.2 Å². The molecule has 0 aromatic heterocycles. The summed E-state index contributed by atoms with van der Waals surface area (Å²) in [5, 5.41) is 0. The Bertz CT molecular complexity index is 837. The van der Waals surface area contributed by atoms with Gasteiger partial charge in [0.15, 0.2) is 5.78 Å². The largest absolute Gasteiger partial charge is 0.493 e. The summed E-state index contributed by atoms with van der Waals surface area (Å²) in [6.07, 6.45) is 5.73. The van der Waals surface area contributed by atoms with Crippen LogP contribution in [0.25, 0.3) is 6.08 Å². The number of anilines is 1. The van der Waals surface area contributed by atoms with E-state index < -0.39 is 0 Å². The molecule has 0 heterocycles. The van der Waals surface area contributed by atoms with Crippen LogP contribution in [0.3, 0.4) is 0 Å². The van der Waals surface area contributed by atoms with Crippen molar-refractivity contribution in [3.63, 3.8) is 0 Å². The third-order valence-corrected chi connectivity index (χ3v) is 4.84. The summed E-state index contributed by atoms with van der Waals surface area (Å²) in [6, 6.07) is 14.1. The molecule has 30 heavy (non-hydrogen) atoms. The summed E-state index contributed by atoms with van der Waals surface area (Å²) in [7, 11) is 4.09. The maximum absolute atomic E-state index is 13.0. The molecule has 0 aliphatic heterocycles. The molecule has 0 unspecified atom stereocenters. The minimum absolute atomic E-state index is 0.0396. The second-order valence-corrected chi connectivity index (χ2v) is 7.73. The molecule has 0 amide bonds. The number of benzene rings is 2. The van der Waals surface area contributed by atoms with Crippen LogP contribution in [0.15, 0.2) is 48.5 Å². The number of hydrogen-bond donors (Lipinski definition) is 0. The standard InChI is InChI=1S/C26H36N2O2/c1-6-17-28(18-7-2)23-14-15-24(26(19-23)30-8-3)25(29)16-13-21-11-9-10-12-22(21)20-27(4)5/h9-16,19H,6-8,17-18,20H2,1-5H3/b16-13+. The van der Waals surface area contributed by atoms with Crippen LogP contribution < -0.4 is 9.64 Å². The summed E-state index contributed by atoms with van der Waals surface area (Å²) in [4.78, 5) is 17.5. The summed E-state index contributed by atoms with van der Waals surface area (Å²) < 4.78 is 5.85. The Balaban J connectivity index is 2.29. The zero-order chi connectivity index (χ0) is 21.9. The van der Waals surface area contributed by atoms with Crippen molar-refractivity contribution in [2.75, 3.05) is 38.7 Å². The maximum Gasteiger partial charge on any atom is 0.189 e. The molecule has 0 N–H and O–H groups in total. The second-order valence-electron chi connectivity index (χ2n) is 7.73. The highest BCUT2D eigenvalue weighted by atomic mass is 16.5. The first kappa shape index (κ1) is 23.7. The van der Waals surface area contributed by atoms with E-state index in [1.54, 1.807) is 6.08 Å². The van der Waals surface area contributed by atoms with Gasteiger partial charge in [-0.2, -0.15) is 0 Å². The maximum atomic E-state index is 13.0. The van der Waals surface area contributed by atoms with Crippen molar-refractivity contribution < 1.29 is 9.53 Å². The molecule has 0 saturated heterocycles. The van der Waals surface area contributed by atoms with Gasteiger partial charge in [-0.1, -0.05) is 44.2 Å². The van der Waals surface area contributed by atoms with E-state index in [-0.39, 0.29) is 5.78 Å². The number of allylic oxidation sites excluding steroid dienone is 1. The number of hydrogen-bond acceptors (Lipinski definition) is 4. The van der Waals surface area contributed by atoms with Crippen LogP contribution >= 0.6 is 0 Å². The number of ether oxygens (including phenoxy) is 1. The van der Waals surface area contributed by atoms with Gasteiger partial charge in [0.1, 0.15) is 5.75 Å². The highest BCUT2D eigenvalue weighted by Gasteiger charge is 2.14. The lowest BCUT2D eigenvalue weighted by Crippen LogP contribution is -2.25. The Morgan fingerprint density at radius 3 is 2.33 bits per heavy atom. The van der Waals surface area contributed by atoms with Crippen molar-refractivity contribution >= 4 is 17.5 Å². The Morgan fingerprint density at radius 1 is 1.00 bits per heavy atom. The molecule has 4 nitrogen and oxygen atoms in total. The van der Waals surface area contributed by atoms with E-state index in [1.807, 2.05) is 63.5 Å². The Hall–Kier alpha value is -2.59. The minimum Gasteiger partial charge on any atom is -0.493 e. The summed E-state index contributed by atoms with van der Waals surface area (Å²) in [5.74, 6) is 0.616. The summed E-state index contributed by atoms with van der Waals surface area (Å²) in [5.41, 5.74) is 3.97. The summed E-state index contributed by atoms with van der Waals surface area (Å²) in [6.45, 7) is 9.67. The quantitative estimate of drug-likeness (QED) is 0.335. The van der Waals surface area contributed by atoms with Crippen LogP contribution in [0.1, 0.15) is 55.1 Å². The van der Waals surface area contributed by atoms with Gasteiger partial charge in [-0.15, -0.1) is 0 Å². The highest BCUT2D eigenvalue weighted by Crippen LogP contribution is 2.27. The molecule has 0 saturated carbocycles. The lowest BCUT2D eigenvalue weighted by Gasteiger charge is -2.24. The molecule has 0 aliphatic rings. The van der Waals surface area contributed by atoms with Crippen molar-refractivity contribution in [1.29, 1.82) is 0 Å². The van der Waals surface area contributed by atoms with Crippen LogP contribution in [-0.4, -0.2) is 44.5 Å². The molecule has 0 fully saturated rings. The zero-order valence-electron chi connectivity index (χ0n) is 19.1. The first-order valence-corrected chi connectivity index (χ1v) is 11.0. The third kappa shape index (κ3) is 6.74. The van der Waals surface area contributed by atoms with Crippen molar-refractivity contribution in [3.8, 4) is 5.75 Å². The number of rotatable bonds is 12. The fourth-order valence-corrected chi connectivity index (χ4v) is 3.53. The average Bonchev–Trinajstić information content (AvgIpc) is 2.72. The van der Waals surface area contributed by atoms with Crippen molar-refractivity contribution in [2.24, 2.45) is 0 Å². The molecule has 2 rings (SSSR count). The number of nitrogens with zero attached hydrogens (tertiary/aromatic N) is 2. The molecule has 2 aromatic rings. The molecule has 4 heteroatoms. The van der Waals surface area contributed by atoms with Gasteiger partial charge in [0.25, 0.3) is 0 Å². The molecule has 2 aromatic carbocycles. The van der Waals surface area contributed by atoms with Gasteiger partial charge in [-0.3, -0.25) is 4.79 Å². The normalized spacial score (nSPS) is 11.3. The number of carbonyl (C=O) groups is 1.